The Bertz CT molecular complexity index is 954. The van der Waals surface area contributed by atoms with E-state index < -0.39 is 12.1 Å². The number of amides is 2. The van der Waals surface area contributed by atoms with E-state index >= 15 is 0 Å². The van der Waals surface area contributed by atoms with Crippen LogP contribution in [0.5, 0.6) is 0 Å². The maximum absolute atomic E-state index is 12.9. The molecule has 1 heterocycles. The van der Waals surface area contributed by atoms with Crippen molar-refractivity contribution in [2.24, 2.45) is 0 Å². The lowest BCUT2D eigenvalue weighted by Crippen LogP contribution is -2.48. The van der Waals surface area contributed by atoms with Gasteiger partial charge in [0.25, 0.3) is 0 Å². The number of hydrogen-bond donors (Lipinski definition) is 2. The van der Waals surface area contributed by atoms with Crippen LogP contribution < -0.4 is 10.6 Å². The largest absolute Gasteiger partial charge is 0.464 e. The third-order valence-electron chi connectivity index (χ3n) is 4.65. The van der Waals surface area contributed by atoms with Gasteiger partial charge in [-0.25, -0.2) is 4.79 Å². The zero-order valence-electron chi connectivity index (χ0n) is 17.1. The molecule has 2 N–H and O–H groups in total. The highest BCUT2D eigenvalue weighted by Crippen LogP contribution is 2.16. The van der Waals surface area contributed by atoms with Crippen molar-refractivity contribution in [2.45, 2.75) is 39.0 Å². The van der Waals surface area contributed by atoms with Gasteiger partial charge in [-0.1, -0.05) is 60.7 Å². The number of carbonyl (C=O) groups excluding carboxylic acids is 2. The lowest BCUT2D eigenvalue weighted by atomic mass is 10.0. The van der Waals surface area contributed by atoms with E-state index in [0.717, 1.165) is 16.9 Å². The summed E-state index contributed by atoms with van der Waals surface area (Å²) in [6.07, 6.45) is -0.298. The molecular weight excluding hydrogens is 380 g/mol. The number of benzene rings is 2. The molecule has 0 saturated heterocycles. The SMILES string of the molecule is Cc1ccc(C(C)NC(=O)C(Cc2ccccc2)NC(=O)OCc2ccccc2)o1. The second-order valence-corrected chi connectivity index (χ2v) is 7.13. The first-order chi connectivity index (χ1) is 14.5. The van der Waals surface area contributed by atoms with Gasteiger partial charge < -0.3 is 19.8 Å². The molecule has 3 aromatic rings. The molecular formula is C24H26N2O4. The van der Waals surface area contributed by atoms with E-state index in [1.54, 1.807) is 0 Å². The van der Waals surface area contributed by atoms with Crippen LogP contribution in [0, 0.1) is 6.92 Å². The van der Waals surface area contributed by atoms with Gasteiger partial charge in [0.15, 0.2) is 0 Å². The van der Waals surface area contributed by atoms with Crippen LogP contribution in [0.2, 0.25) is 0 Å². The Morgan fingerprint density at radius 3 is 2.13 bits per heavy atom. The van der Waals surface area contributed by atoms with Crippen LogP contribution in [0.15, 0.2) is 77.2 Å². The molecule has 2 unspecified atom stereocenters. The molecule has 6 heteroatoms. The molecule has 0 aliphatic carbocycles. The third kappa shape index (κ3) is 6.24. The fourth-order valence-electron chi connectivity index (χ4n) is 3.04. The van der Waals surface area contributed by atoms with E-state index in [4.69, 9.17) is 9.15 Å². The van der Waals surface area contributed by atoms with Crippen molar-refractivity contribution in [3.63, 3.8) is 0 Å². The van der Waals surface area contributed by atoms with Crippen molar-refractivity contribution >= 4 is 12.0 Å². The predicted molar refractivity (Wildman–Crippen MR) is 114 cm³/mol. The van der Waals surface area contributed by atoms with Crippen LogP contribution >= 0.6 is 0 Å². The lowest BCUT2D eigenvalue weighted by Gasteiger charge is -2.20. The summed E-state index contributed by atoms with van der Waals surface area (Å²) in [6, 6.07) is 21.5. The zero-order chi connectivity index (χ0) is 21.3. The summed E-state index contributed by atoms with van der Waals surface area (Å²) >= 11 is 0. The summed E-state index contributed by atoms with van der Waals surface area (Å²) in [5, 5.41) is 5.60. The second-order valence-electron chi connectivity index (χ2n) is 7.13. The fraction of sp³-hybridized carbons (Fsp3) is 0.250. The maximum atomic E-state index is 12.9. The van der Waals surface area contributed by atoms with E-state index in [1.165, 1.54) is 0 Å². The Morgan fingerprint density at radius 1 is 0.900 bits per heavy atom. The monoisotopic (exact) mass is 406 g/mol. The third-order valence-corrected chi connectivity index (χ3v) is 4.65. The molecule has 30 heavy (non-hydrogen) atoms. The number of ether oxygens (including phenoxy) is 1. The smallest absolute Gasteiger partial charge is 0.408 e. The maximum Gasteiger partial charge on any atom is 0.408 e. The van der Waals surface area contributed by atoms with Crippen LogP contribution in [0.3, 0.4) is 0 Å². The van der Waals surface area contributed by atoms with Crippen LogP contribution in [-0.2, 0) is 22.6 Å². The molecule has 0 aliphatic heterocycles. The van der Waals surface area contributed by atoms with Gasteiger partial charge in [0.1, 0.15) is 24.2 Å². The fourth-order valence-corrected chi connectivity index (χ4v) is 3.04. The van der Waals surface area contributed by atoms with Crippen molar-refractivity contribution in [3.05, 3.63) is 95.4 Å². The minimum atomic E-state index is -0.783. The average molecular weight is 406 g/mol. The van der Waals surface area contributed by atoms with Gasteiger partial charge in [-0.2, -0.15) is 0 Å². The van der Waals surface area contributed by atoms with Crippen molar-refractivity contribution in [2.75, 3.05) is 0 Å². The summed E-state index contributed by atoms with van der Waals surface area (Å²) in [5.74, 6) is 1.12. The number of carbonyl (C=O) groups is 2. The molecule has 0 saturated carbocycles. The molecule has 2 aromatic carbocycles. The van der Waals surface area contributed by atoms with Gasteiger partial charge in [-0.05, 0) is 37.1 Å². The predicted octanol–water partition coefficient (Wildman–Crippen LogP) is 4.30. The van der Waals surface area contributed by atoms with E-state index in [2.05, 4.69) is 10.6 Å². The topological polar surface area (TPSA) is 80.6 Å². The molecule has 6 nitrogen and oxygen atoms in total. The number of rotatable bonds is 8. The number of nitrogens with one attached hydrogen (secondary N) is 2. The zero-order valence-corrected chi connectivity index (χ0v) is 17.1. The Morgan fingerprint density at radius 2 is 1.53 bits per heavy atom. The van der Waals surface area contributed by atoms with Crippen LogP contribution in [0.25, 0.3) is 0 Å². The van der Waals surface area contributed by atoms with E-state index in [1.807, 2.05) is 86.6 Å². The van der Waals surface area contributed by atoms with Crippen molar-refractivity contribution < 1.29 is 18.7 Å². The van der Waals surface area contributed by atoms with Crippen LogP contribution in [-0.4, -0.2) is 18.0 Å². The normalized spacial score (nSPS) is 12.6. The number of furan rings is 1. The Hall–Kier alpha value is -3.54. The van der Waals surface area contributed by atoms with Gasteiger partial charge in [-0.15, -0.1) is 0 Å². The van der Waals surface area contributed by atoms with Crippen molar-refractivity contribution in [1.29, 1.82) is 0 Å². The minimum absolute atomic E-state index is 0.133. The lowest BCUT2D eigenvalue weighted by molar-refractivity contribution is -0.123. The number of aryl methyl sites for hydroxylation is 1. The first-order valence-corrected chi connectivity index (χ1v) is 9.89. The first kappa shape index (κ1) is 21.2. The van der Waals surface area contributed by atoms with E-state index in [-0.39, 0.29) is 18.6 Å². The Kier molecular flexibility index (Phi) is 7.27. The van der Waals surface area contributed by atoms with E-state index in [9.17, 15) is 9.59 Å². The first-order valence-electron chi connectivity index (χ1n) is 9.89. The highest BCUT2D eigenvalue weighted by Gasteiger charge is 2.24. The van der Waals surface area contributed by atoms with Gasteiger partial charge in [0.2, 0.25) is 5.91 Å². The van der Waals surface area contributed by atoms with Gasteiger partial charge in [0.05, 0.1) is 6.04 Å². The van der Waals surface area contributed by atoms with E-state index in [0.29, 0.717) is 12.2 Å². The molecule has 0 aliphatic rings. The average Bonchev–Trinajstić information content (AvgIpc) is 3.20. The van der Waals surface area contributed by atoms with Crippen LogP contribution in [0.4, 0.5) is 4.79 Å². The summed E-state index contributed by atoms with van der Waals surface area (Å²) in [6.45, 7) is 3.82. The molecule has 3 rings (SSSR count). The van der Waals surface area contributed by atoms with Crippen LogP contribution in [0.1, 0.15) is 35.6 Å². The molecule has 0 bridgehead atoms. The Labute approximate surface area is 176 Å². The van der Waals surface area contributed by atoms with Gasteiger partial charge in [-0.3, -0.25) is 4.79 Å². The van der Waals surface area contributed by atoms with Crippen molar-refractivity contribution in [1.82, 2.24) is 10.6 Å². The highest BCUT2D eigenvalue weighted by molar-refractivity contribution is 5.86. The molecule has 1 aromatic heterocycles. The standard InChI is InChI=1S/C24H26N2O4/c1-17-13-14-22(30-17)18(2)25-23(27)21(15-19-9-5-3-6-10-19)26-24(28)29-16-20-11-7-4-8-12-20/h3-14,18,21H,15-16H2,1-2H3,(H,25,27)(H,26,28). The molecule has 2 amide bonds. The van der Waals surface area contributed by atoms with Crippen molar-refractivity contribution in [3.8, 4) is 0 Å². The minimum Gasteiger partial charge on any atom is -0.464 e. The second kappa shape index (κ2) is 10.3. The number of alkyl carbamates (subject to hydrolysis) is 1. The molecule has 156 valence electrons. The quantitative estimate of drug-likeness (QED) is 0.584. The summed E-state index contributed by atoms with van der Waals surface area (Å²) in [7, 11) is 0. The molecule has 0 radical (unpaired) electrons. The number of hydrogen-bond acceptors (Lipinski definition) is 4. The summed E-state index contributed by atoms with van der Waals surface area (Å²) in [4.78, 5) is 25.3. The molecule has 0 fully saturated rings. The van der Waals surface area contributed by atoms with Gasteiger partial charge >= 0.3 is 6.09 Å². The Balaban J connectivity index is 1.64. The van der Waals surface area contributed by atoms with Gasteiger partial charge in [0, 0.05) is 6.42 Å². The molecule has 0 spiro atoms. The highest BCUT2D eigenvalue weighted by atomic mass is 16.5. The molecule has 2 atom stereocenters. The summed E-state index contributed by atoms with van der Waals surface area (Å²) < 4.78 is 10.9. The summed E-state index contributed by atoms with van der Waals surface area (Å²) in [5.41, 5.74) is 1.81.